The number of benzene rings is 3. The van der Waals surface area contributed by atoms with E-state index in [9.17, 15) is 14.4 Å². The van der Waals surface area contributed by atoms with Crippen molar-refractivity contribution in [2.45, 2.75) is 18.7 Å². The Morgan fingerprint density at radius 1 is 1.03 bits per heavy atom. The summed E-state index contributed by atoms with van der Waals surface area (Å²) in [6.07, 6.45) is 0.800. The molecule has 3 aromatic rings. The molecular weight excluding hydrogens is 448 g/mol. The number of esters is 1. The summed E-state index contributed by atoms with van der Waals surface area (Å²) < 4.78 is 4.80. The molecule has 1 aliphatic rings. The summed E-state index contributed by atoms with van der Waals surface area (Å²) in [7, 11) is 1.33. The van der Waals surface area contributed by atoms with Crippen molar-refractivity contribution in [3.05, 3.63) is 101 Å². The number of carbonyl (C=O) groups excluding carboxylic acids is 3. The van der Waals surface area contributed by atoms with E-state index in [0.29, 0.717) is 34.7 Å². The van der Waals surface area contributed by atoms with Gasteiger partial charge in [-0.15, -0.1) is 11.8 Å². The molecule has 1 saturated heterocycles. The first kappa shape index (κ1) is 23.6. The van der Waals surface area contributed by atoms with Crippen molar-refractivity contribution in [1.82, 2.24) is 4.90 Å². The molecule has 1 unspecified atom stereocenters. The largest absolute Gasteiger partial charge is 0.465 e. The lowest BCUT2D eigenvalue weighted by atomic mass is 10.1. The molecule has 3 aromatic carbocycles. The predicted molar refractivity (Wildman–Crippen MR) is 134 cm³/mol. The zero-order valence-electron chi connectivity index (χ0n) is 19.1. The molecule has 1 heterocycles. The van der Waals surface area contributed by atoms with E-state index in [1.807, 2.05) is 35.2 Å². The van der Waals surface area contributed by atoms with Crippen LogP contribution in [0.2, 0.25) is 0 Å². The second kappa shape index (κ2) is 10.6. The van der Waals surface area contributed by atoms with Crippen LogP contribution in [0.1, 0.15) is 42.8 Å². The third kappa shape index (κ3) is 5.15. The van der Waals surface area contributed by atoms with Crippen molar-refractivity contribution < 1.29 is 19.1 Å². The van der Waals surface area contributed by atoms with Crippen LogP contribution in [0.25, 0.3) is 0 Å². The molecule has 6 nitrogen and oxygen atoms in total. The van der Waals surface area contributed by atoms with Crippen LogP contribution in [0.15, 0.2) is 72.8 Å². The fourth-order valence-electron chi connectivity index (χ4n) is 3.96. The van der Waals surface area contributed by atoms with Gasteiger partial charge in [0.15, 0.2) is 0 Å². The van der Waals surface area contributed by atoms with Gasteiger partial charge in [0.05, 0.1) is 18.4 Å². The van der Waals surface area contributed by atoms with Crippen molar-refractivity contribution in [3.63, 3.8) is 0 Å². The third-order valence-corrected chi connectivity index (χ3v) is 7.15. The lowest BCUT2D eigenvalue weighted by molar-refractivity contribution is -0.128. The highest BCUT2D eigenvalue weighted by Crippen LogP contribution is 2.38. The van der Waals surface area contributed by atoms with Crippen LogP contribution in [-0.2, 0) is 16.0 Å². The summed E-state index contributed by atoms with van der Waals surface area (Å²) in [5.74, 6) is -0.128. The fraction of sp³-hybridized carbons (Fsp3) is 0.222. The number of amides is 2. The number of hydrogen-bond acceptors (Lipinski definition) is 5. The molecule has 0 radical (unpaired) electrons. The maximum atomic E-state index is 12.8. The van der Waals surface area contributed by atoms with Gasteiger partial charge in [-0.05, 0) is 54.3 Å². The maximum Gasteiger partial charge on any atom is 0.338 e. The number of nitrogens with zero attached hydrogens (tertiary/aromatic N) is 1. The Morgan fingerprint density at radius 3 is 2.47 bits per heavy atom. The van der Waals surface area contributed by atoms with E-state index in [-0.39, 0.29) is 17.2 Å². The van der Waals surface area contributed by atoms with Crippen molar-refractivity contribution in [2.75, 3.05) is 24.7 Å². The number of carbonyl (C=O) groups is 3. The number of nitrogens with one attached hydrogen (secondary N) is 1. The first-order chi connectivity index (χ1) is 16.5. The van der Waals surface area contributed by atoms with Crippen molar-refractivity contribution in [3.8, 4) is 0 Å². The van der Waals surface area contributed by atoms with E-state index in [2.05, 4.69) is 17.4 Å². The number of thioether (sulfide) groups is 1. The first-order valence-electron chi connectivity index (χ1n) is 11.0. The second-order valence-electron chi connectivity index (χ2n) is 8.03. The summed E-state index contributed by atoms with van der Waals surface area (Å²) in [6.45, 7) is 2.42. The Morgan fingerprint density at radius 2 is 1.76 bits per heavy atom. The summed E-state index contributed by atoms with van der Waals surface area (Å²) in [5, 5.41) is 2.81. The van der Waals surface area contributed by atoms with Gasteiger partial charge in [0.1, 0.15) is 5.37 Å². The van der Waals surface area contributed by atoms with Crippen LogP contribution < -0.4 is 5.32 Å². The van der Waals surface area contributed by atoms with Gasteiger partial charge in [-0.3, -0.25) is 9.59 Å². The summed E-state index contributed by atoms with van der Waals surface area (Å²) in [4.78, 5) is 39.2. The average Bonchev–Trinajstić information content (AvgIpc) is 3.24. The molecular formula is C27H26N2O4S. The Balaban J connectivity index is 1.44. The molecule has 0 aromatic heterocycles. The lowest BCUT2D eigenvalue weighted by Gasteiger charge is -2.24. The second-order valence-corrected chi connectivity index (χ2v) is 9.10. The van der Waals surface area contributed by atoms with E-state index >= 15 is 0 Å². The molecule has 7 heteroatoms. The van der Waals surface area contributed by atoms with Crippen LogP contribution >= 0.6 is 11.8 Å². The van der Waals surface area contributed by atoms with Gasteiger partial charge in [-0.2, -0.15) is 0 Å². The van der Waals surface area contributed by atoms with Crippen LogP contribution in [0, 0.1) is 6.92 Å². The maximum absolute atomic E-state index is 12.8. The molecule has 1 atom stereocenters. The molecule has 174 valence electrons. The van der Waals surface area contributed by atoms with Gasteiger partial charge in [-0.25, -0.2) is 4.79 Å². The minimum atomic E-state index is -0.446. The molecule has 34 heavy (non-hydrogen) atoms. The minimum Gasteiger partial charge on any atom is -0.465 e. The predicted octanol–water partition coefficient (Wildman–Crippen LogP) is 4.85. The van der Waals surface area contributed by atoms with Gasteiger partial charge in [0.2, 0.25) is 5.91 Å². The Labute approximate surface area is 203 Å². The van der Waals surface area contributed by atoms with Crippen LogP contribution in [0.5, 0.6) is 0 Å². The Bertz CT molecular complexity index is 1200. The highest BCUT2D eigenvalue weighted by Gasteiger charge is 2.32. The summed E-state index contributed by atoms with van der Waals surface area (Å²) >= 11 is 1.60. The third-order valence-electron chi connectivity index (χ3n) is 5.90. The quantitative estimate of drug-likeness (QED) is 0.496. The number of methoxy groups -OCH3 is 1. The highest BCUT2D eigenvalue weighted by atomic mass is 32.2. The molecule has 1 aliphatic heterocycles. The van der Waals surface area contributed by atoms with Crippen LogP contribution in [0.3, 0.4) is 0 Å². The topological polar surface area (TPSA) is 75.7 Å². The first-order valence-corrected chi connectivity index (χ1v) is 12.1. The molecule has 4 rings (SSSR count). The molecule has 1 fully saturated rings. The van der Waals surface area contributed by atoms with E-state index in [4.69, 9.17) is 4.74 Å². The molecule has 1 N–H and O–H groups in total. The lowest BCUT2D eigenvalue weighted by Crippen LogP contribution is -2.30. The Kier molecular flexibility index (Phi) is 7.33. The highest BCUT2D eigenvalue weighted by molar-refractivity contribution is 8.00. The van der Waals surface area contributed by atoms with Gasteiger partial charge in [0.25, 0.3) is 5.91 Å². The van der Waals surface area contributed by atoms with Gasteiger partial charge >= 0.3 is 5.97 Å². The van der Waals surface area contributed by atoms with E-state index < -0.39 is 5.97 Å². The Hall–Kier alpha value is -3.58. The van der Waals surface area contributed by atoms with Crippen molar-refractivity contribution in [1.29, 1.82) is 0 Å². The van der Waals surface area contributed by atoms with Crippen LogP contribution in [0.4, 0.5) is 5.69 Å². The standard InChI is InChI=1S/C27H26N2O4S/c1-18-22(27(32)33-2)9-6-10-23(18)28-25(31)20-11-13-21(14-12-20)26-29(24(30)17-34-26)16-15-19-7-4-3-5-8-19/h3-14,26H,15-17H2,1-2H3,(H,28,31). The molecule has 0 saturated carbocycles. The monoisotopic (exact) mass is 474 g/mol. The number of hydrogen-bond donors (Lipinski definition) is 1. The summed E-state index contributed by atoms with van der Waals surface area (Å²) in [5.41, 5.74) is 4.30. The van der Waals surface area contributed by atoms with Crippen molar-refractivity contribution in [2.24, 2.45) is 0 Å². The van der Waals surface area contributed by atoms with E-state index in [1.165, 1.54) is 12.7 Å². The van der Waals surface area contributed by atoms with Gasteiger partial charge in [0, 0.05) is 17.8 Å². The number of ether oxygens (including phenoxy) is 1. The average molecular weight is 475 g/mol. The zero-order chi connectivity index (χ0) is 24.1. The minimum absolute atomic E-state index is 0.0627. The molecule has 0 spiro atoms. The molecule has 0 bridgehead atoms. The smallest absolute Gasteiger partial charge is 0.338 e. The van der Waals surface area contributed by atoms with Crippen molar-refractivity contribution >= 4 is 35.2 Å². The SMILES string of the molecule is COC(=O)c1cccc(NC(=O)c2ccc(C3SCC(=O)N3CCc3ccccc3)cc2)c1C. The van der Waals surface area contributed by atoms with E-state index in [0.717, 1.165) is 12.0 Å². The number of anilines is 1. The normalized spacial score (nSPS) is 15.3. The molecule has 0 aliphatic carbocycles. The number of rotatable bonds is 7. The fourth-order valence-corrected chi connectivity index (χ4v) is 5.18. The van der Waals surface area contributed by atoms with Crippen LogP contribution in [-0.4, -0.2) is 42.1 Å². The van der Waals surface area contributed by atoms with E-state index in [1.54, 1.807) is 49.0 Å². The van der Waals surface area contributed by atoms with Gasteiger partial charge < -0.3 is 15.0 Å². The van der Waals surface area contributed by atoms with Gasteiger partial charge in [-0.1, -0.05) is 48.5 Å². The zero-order valence-corrected chi connectivity index (χ0v) is 19.9. The molecule has 2 amide bonds. The summed E-state index contributed by atoms with van der Waals surface area (Å²) in [6, 6.07) is 22.6.